The van der Waals surface area contributed by atoms with E-state index in [1.165, 1.54) is 6.92 Å². The summed E-state index contributed by atoms with van der Waals surface area (Å²) in [7, 11) is 0. The predicted octanol–water partition coefficient (Wildman–Crippen LogP) is 1.44. The van der Waals surface area contributed by atoms with E-state index in [1.54, 1.807) is 37.3 Å². The van der Waals surface area contributed by atoms with Crippen LogP contribution in [-0.4, -0.2) is 57.3 Å². The quantitative estimate of drug-likeness (QED) is 0.653. The maximum absolute atomic E-state index is 12.5. The third kappa shape index (κ3) is 2.35. The molecule has 1 aromatic carbocycles. The van der Waals surface area contributed by atoms with E-state index in [1.807, 2.05) is 6.92 Å². The maximum atomic E-state index is 12.5. The fraction of sp³-hybridized carbons (Fsp3) is 0.636. The van der Waals surface area contributed by atoms with Gasteiger partial charge in [-0.2, -0.15) is 0 Å². The number of aliphatic hydroxyl groups is 3. The average Bonchev–Trinajstić information content (AvgIpc) is 2.96. The second kappa shape index (κ2) is 6.27. The molecule has 1 heterocycles. The lowest BCUT2D eigenvalue weighted by Crippen LogP contribution is -2.80. The number of benzene rings is 1. The Morgan fingerprint density at radius 1 is 1.24 bits per heavy atom. The van der Waals surface area contributed by atoms with Gasteiger partial charge in [-0.05, 0) is 44.2 Å². The molecule has 29 heavy (non-hydrogen) atoms. The molecule has 7 heteroatoms. The highest BCUT2D eigenvalue weighted by atomic mass is 16.6. The van der Waals surface area contributed by atoms with Gasteiger partial charge in [0.15, 0.2) is 6.10 Å². The van der Waals surface area contributed by atoms with Gasteiger partial charge in [-0.15, -0.1) is 0 Å². The van der Waals surface area contributed by atoms with Crippen molar-refractivity contribution < 1.29 is 34.4 Å². The zero-order valence-corrected chi connectivity index (χ0v) is 16.9. The third-order valence-electron chi connectivity index (χ3n) is 8.24. The van der Waals surface area contributed by atoms with Gasteiger partial charge in [-0.25, -0.2) is 9.59 Å². The Balaban J connectivity index is 1.75. The second-order valence-electron chi connectivity index (χ2n) is 9.29. The van der Waals surface area contributed by atoms with E-state index in [0.717, 1.165) is 0 Å². The lowest BCUT2D eigenvalue weighted by atomic mass is 9.44. The number of ether oxygens (including phenoxy) is 2. The van der Waals surface area contributed by atoms with E-state index in [9.17, 15) is 24.9 Å². The van der Waals surface area contributed by atoms with Crippen LogP contribution in [0.25, 0.3) is 0 Å². The highest BCUT2D eigenvalue weighted by Crippen LogP contribution is 2.70. The minimum absolute atomic E-state index is 0.160. The van der Waals surface area contributed by atoms with Crippen molar-refractivity contribution in [2.45, 2.75) is 63.4 Å². The predicted molar refractivity (Wildman–Crippen MR) is 102 cm³/mol. The second-order valence-corrected chi connectivity index (χ2v) is 9.29. The molecule has 1 saturated heterocycles. The molecule has 2 aliphatic carbocycles. The first-order valence-electron chi connectivity index (χ1n) is 10.1. The molecule has 7 unspecified atom stereocenters. The van der Waals surface area contributed by atoms with Gasteiger partial charge in [0.25, 0.3) is 0 Å². The fourth-order valence-electron chi connectivity index (χ4n) is 6.07. The Morgan fingerprint density at radius 3 is 2.55 bits per heavy atom. The van der Waals surface area contributed by atoms with Gasteiger partial charge < -0.3 is 24.8 Å². The minimum atomic E-state index is -1.66. The summed E-state index contributed by atoms with van der Waals surface area (Å²) in [5, 5.41) is 34.3. The highest BCUT2D eigenvalue weighted by Gasteiger charge is 2.80. The van der Waals surface area contributed by atoms with Crippen LogP contribution < -0.4 is 0 Å². The van der Waals surface area contributed by atoms with E-state index < -0.39 is 46.2 Å². The molecule has 3 aliphatic rings. The van der Waals surface area contributed by atoms with Crippen LogP contribution in [-0.2, 0) is 14.3 Å². The number of carbonyl (C=O) groups excluding carboxylic acids is 2. The summed E-state index contributed by atoms with van der Waals surface area (Å²) < 4.78 is 10.9. The molecule has 3 N–H and O–H groups in total. The van der Waals surface area contributed by atoms with Crippen molar-refractivity contribution in [3.05, 3.63) is 35.9 Å². The van der Waals surface area contributed by atoms with E-state index in [0.29, 0.717) is 12.0 Å². The molecule has 0 aromatic heterocycles. The van der Waals surface area contributed by atoms with E-state index in [4.69, 9.17) is 9.47 Å². The van der Waals surface area contributed by atoms with E-state index >= 15 is 0 Å². The Kier molecular flexibility index (Phi) is 4.39. The van der Waals surface area contributed by atoms with Crippen LogP contribution in [0.3, 0.4) is 0 Å². The Hall–Kier alpha value is -1.96. The summed E-state index contributed by atoms with van der Waals surface area (Å²) in [6.45, 7) is 4.77. The smallest absolute Gasteiger partial charge is 0.338 e. The van der Waals surface area contributed by atoms with Crippen LogP contribution in [0.1, 0.15) is 50.4 Å². The summed E-state index contributed by atoms with van der Waals surface area (Å²) in [6.07, 6.45) is -1.40. The van der Waals surface area contributed by atoms with Crippen molar-refractivity contribution in [1.82, 2.24) is 0 Å². The van der Waals surface area contributed by atoms with Gasteiger partial charge in [-0.1, -0.05) is 32.0 Å². The molecule has 158 valence electrons. The number of carbonyl (C=O) groups is 2. The molecule has 0 amide bonds. The first kappa shape index (κ1) is 20.3. The number of hydrogen-bond donors (Lipinski definition) is 3. The Labute approximate surface area is 169 Å². The van der Waals surface area contributed by atoms with Crippen molar-refractivity contribution in [2.75, 3.05) is 6.61 Å². The fourth-order valence-corrected chi connectivity index (χ4v) is 6.07. The molecule has 0 radical (unpaired) electrons. The summed E-state index contributed by atoms with van der Waals surface area (Å²) >= 11 is 0. The minimum Gasteiger partial charge on any atom is -0.461 e. The van der Waals surface area contributed by atoms with Crippen LogP contribution in [0, 0.1) is 16.7 Å². The highest BCUT2D eigenvalue weighted by molar-refractivity contribution is 5.89. The molecule has 1 spiro atoms. The number of hydrogen-bond acceptors (Lipinski definition) is 7. The van der Waals surface area contributed by atoms with Crippen LogP contribution in [0.5, 0.6) is 0 Å². The molecule has 4 rings (SSSR count). The molecule has 1 aliphatic heterocycles. The van der Waals surface area contributed by atoms with E-state index in [2.05, 4.69) is 0 Å². The van der Waals surface area contributed by atoms with Crippen LogP contribution >= 0.6 is 0 Å². The zero-order chi connectivity index (χ0) is 21.2. The first-order valence-corrected chi connectivity index (χ1v) is 10.1. The van der Waals surface area contributed by atoms with Crippen LogP contribution in [0.2, 0.25) is 0 Å². The summed E-state index contributed by atoms with van der Waals surface area (Å²) in [4.78, 5) is 24.9. The Bertz CT molecular complexity index is 837. The van der Waals surface area contributed by atoms with Crippen LogP contribution in [0.4, 0.5) is 0 Å². The van der Waals surface area contributed by atoms with Crippen molar-refractivity contribution in [2.24, 2.45) is 16.7 Å². The standard InChI is InChI=1S/C22H28O7/c1-13-9-10-22(27)19(2,12-28-17(24)14-7-5-4-6-8-14)20(3,26)15-11-21(13,22)16(23)18(25)29-15/h4-8,13,15-16,23,26-27H,9-12H2,1-3H3. The van der Waals surface area contributed by atoms with Crippen molar-refractivity contribution in [3.63, 3.8) is 0 Å². The van der Waals surface area contributed by atoms with Crippen molar-refractivity contribution in [1.29, 1.82) is 0 Å². The largest absolute Gasteiger partial charge is 0.461 e. The van der Waals surface area contributed by atoms with Crippen LogP contribution in [0.15, 0.2) is 30.3 Å². The molecule has 1 aromatic rings. The first-order chi connectivity index (χ1) is 13.5. The molecular formula is C22H28O7. The number of fused-ring (bicyclic) bond motifs is 1. The molecule has 7 nitrogen and oxygen atoms in total. The molecule has 2 saturated carbocycles. The topological polar surface area (TPSA) is 113 Å². The number of aliphatic hydroxyl groups excluding tert-OH is 1. The molecular weight excluding hydrogens is 376 g/mol. The molecule has 3 fully saturated rings. The summed E-state index contributed by atoms with van der Waals surface area (Å²) in [5.41, 5.74) is -5.44. The Morgan fingerprint density at radius 2 is 1.90 bits per heavy atom. The maximum Gasteiger partial charge on any atom is 0.338 e. The summed E-state index contributed by atoms with van der Waals surface area (Å²) in [6, 6.07) is 8.47. The lowest BCUT2D eigenvalue weighted by molar-refractivity contribution is -0.340. The third-order valence-corrected chi connectivity index (χ3v) is 8.24. The van der Waals surface area contributed by atoms with Gasteiger partial charge in [0.1, 0.15) is 18.3 Å². The van der Waals surface area contributed by atoms with Gasteiger partial charge in [0.05, 0.1) is 16.6 Å². The van der Waals surface area contributed by atoms with Gasteiger partial charge in [-0.3, -0.25) is 0 Å². The molecule has 7 atom stereocenters. The number of esters is 2. The SMILES string of the molecule is CC1CCC2(O)C13CC(OC(=O)C3O)C(C)(O)C2(C)COC(=O)c1ccccc1. The van der Waals surface area contributed by atoms with Gasteiger partial charge in [0, 0.05) is 5.41 Å². The van der Waals surface area contributed by atoms with E-state index in [-0.39, 0.29) is 25.4 Å². The average molecular weight is 404 g/mol. The summed E-state index contributed by atoms with van der Waals surface area (Å²) in [5.74, 6) is -1.56. The zero-order valence-electron chi connectivity index (χ0n) is 16.9. The van der Waals surface area contributed by atoms with Gasteiger partial charge >= 0.3 is 11.9 Å². The normalized spacial score (nSPS) is 46.0. The van der Waals surface area contributed by atoms with Crippen molar-refractivity contribution >= 4 is 11.9 Å². The molecule has 2 bridgehead atoms. The lowest BCUT2D eigenvalue weighted by Gasteiger charge is -2.67. The monoisotopic (exact) mass is 404 g/mol. The van der Waals surface area contributed by atoms with Gasteiger partial charge in [0.2, 0.25) is 0 Å². The van der Waals surface area contributed by atoms with Crippen molar-refractivity contribution in [3.8, 4) is 0 Å². The number of rotatable bonds is 3.